The number of aromatic nitrogens is 2. The summed E-state index contributed by atoms with van der Waals surface area (Å²) in [5, 5.41) is 0. The smallest absolute Gasteiger partial charge is 0.105 e. The van der Waals surface area contributed by atoms with Crippen molar-refractivity contribution in [3.63, 3.8) is 0 Å². The van der Waals surface area contributed by atoms with E-state index in [1.165, 1.54) is 11.4 Å². The number of aryl methyl sites for hydroxylation is 1. The molecule has 74 valence electrons. The molecule has 2 heteroatoms. The molecule has 0 saturated carbocycles. The van der Waals surface area contributed by atoms with Crippen molar-refractivity contribution < 1.29 is 0 Å². The van der Waals surface area contributed by atoms with Gasteiger partial charge in [0, 0.05) is 12.7 Å². The van der Waals surface area contributed by atoms with Gasteiger partial charge in [-0.3, -0.25) is 0 Å². The Morgan fingerprint density at radius 3 is 1.92 bits per heavy atom. The van der Waals surface area contributed by atoms with Crippen molar-refractivity contribution in [2.75, 3.05) is 0 Å². The minimum absolute atomic E-state index is 0.525. The lowest BCUT2D eigenvalue weighted by molar-refractivity contribution is 0.701. The number of hydrogen-bond acceptors (Lipinski definition) is 1. The van der Waals surface area contributed by atoms with E-state index in [0.29, 0.717) is 11.8 Å². The van der Waals surface area contributed by atoms with E-state index in [-0.39, 0.29) is 0 Å². The van der Waals surface area contributed by atoms with Crippen LogP contribution in [0.1, 0.15) is 56.7 Å². The maximum atomic E-state index is 4.59. The fraction of sp³-hybridized carbons (Fsp3) is 0.727. The van der Waals surface area contributed by atoms with Crippen molar-refractivity contribution in [3.8, 4) is 0 Å². The highest BCUT2D eigenvalue weighted by Gasteiger charge is 2.16. The highest BCUT2D eigenvalue weighted by molar-refractivity contribution is 5.22. The zero-order valence-electron chi connectivity index (χ0n) is 9.55. The first-order chi connectivity index (χ1) is 5.95. The average Bonchev–Trinajstić information content (AvgIpc) is 2.28. The molecule has 1 aromatic rings. The van der Waals surface area contributed by atoms with Crippen molar-refractivity contribution in [1.82, 2.24) is 9.55 Å². The van der Waals surface area contributed by atoms with Crippen LogP contribution in [0.3, 0.4) is 0 Å². The Hall–Kier alpha value is -0.790. The molecular weight excluding hydrogens is 160 g/mol. The molecule has 0 aromatic carbocycles. The summed E-state index contributed by atoms with van der Waals surface area (Å²) < 4.78 is 2.21. The van der Waals surface area contributed by atoms with Gasteiger partial charge in [-0.1, -0.05) is 27.7 Å². The first-order valence-corrected chi connectivity index (χ1v) is 4.98. The number of rotatable bonds is 2. The van der Waals surface area contributed by atoms with E-state index in [2.05, 4.69) is 51.2 Å². The maximum absolute atomic E-state index is 4.59. The van der Waals surface area contributed by atoms with Gasteiger partial charge in [0.15, 0.2) is 0 Å². The molecule has 1 heterocycles. The Morgan fingerprint density at radius 2 is 1.62 bits per heavy atom. The van der Waals surface area contributed by atoms with Gasteiger partial charge >= 0.3 is 0 Å². The molecule has 0 unspecified atom stereocenters. The Morgan fingerprint density at radius 1 is 1.08 bits per heavy atom. The molecule has 0 N–H and O–H groups in total. The quantitative estimate of drug-likeness (QED) is 0.684. The SMILES string of the molecule is Cc1nc(C(C)C)c(C(C)C)n1C. The van der Waals surface area contributed by atoms with Crippen LogP contribution in [0.25, 0.3) is 0 Å². The summed E-state index contributed by atoms with van der Waals surface area (Å²) in [6.45, 7) is 10.9. The van der Waals surface area contributed by atoms with Gasteiger partial charge in [0.2, 0.25) is 0 Å². The zero-order valence-corrected chi connectivity index (χ0v) is 9.55. The second-order valence-corrected chi connectivity index (χ2v) is 4.30. The summed E-state index contributed by atoms with van der Waals surface area (Å²) in [6, 6.07) is 0. The van der Waals surface area contributed by atoms with E-state index in [1.54, 1.807) is 0 Å². The largest absolute Gasteiger partial charge is 0.335 e. The van der Waals surface area contributed by atoms with Crippen LogP contribution in [0.4, 0.5) is 0 Å². The monoisotopic (exact) mass is 180 g/mol. The standard InChI is InChI=1S/C11H20N2/c1-7(2)10-11(8(3)4)13(6)9(5)12-10/h7-8H,1-6H3. The summed E-state index contributed by atoms with van der Waals surface area (Å²) >= 11 is 0. The van der Waals surface area contributed by atoms with Crippen LogP contribution in [0.5, 0.6) is 0 Å². The van der Waals surface area contributed by atoms with E-state index >= 15 is 0 Å². The molecule has 1 rings (SSSR count). The van der Waals surface area contributed by atoms with Crippen molar-refractivity contribution >= 4 is 0 Å². The highest BCUT2D eigenvalue weighted by Crippen LogP contribution is 2.25. The Bertz CT molecular complexity index is 295. The van der Waals surface area contributed by atoms with Gasteiger partial charge in [-0.2, -0.15) is 0 Å². The molecule has 1 aromatic heterocycles. The fourth-order valence-electron chi connectivity index (χ4n) is 1.76. The van der Waals surface area contributed by atoms with Crippen molar-refractivity contribution in [2.45, 2.75) is 46.5 Å². The Labute approximate surface area is 81.0 Å². The molecular formula is C11H20N2. The third-order valence-electron chi connectivity index (χ3n) is 2.49. The first kappa shape index (κ1) is 10.3. The van der Waals surface area contributed by atoms with Crippen LogP contribution in [0, 0.1) is 6.92 Å². The molecule has 0 aliphatic heterocycles. The molecule has 0 spiro atoms. The normalized spacial score (nSPS) is 11.7. The molecule has 0 bridgehead atoms. The summed E-state index contributed by atoms with van der Waals surface area (Å²) in [6.07, 6.45) is 0. The van der Waals surface area contributed by atoms with Gasteiger partial charge in [0.1, 0.15) is 5.82 Å². The zero-order chi connectivity index (χ0) is 10.2. The van der Waals surface area contributed by atoms with Crippen molar-refractivity contribution in [1.29, 1.82) is 0 Å². The predicted octanol–water partition coefficient (Wildman–Crippen LogP) is 2.98. The molecule has 0 fully saturated rings. The molecule has 0 atom stereocenters. The Balaban J connectivity index is 3.27. The van der Waals surface area contributed by atoms with Crippen LogP contribution in [-0.2, 0) is 7.05 Å². The van der Waals surface area contributed by atoms with Crippen LogP contribution in [-0.4, -0.2) is 9.55 Å². The Kier molecular flexibility index (Phi) is 2.79. The van der Waals surface area contributed by atoms with Crippen molar-refractivity contribution in [2.24, 2.45) is 7.05 Å². The third-order valence-corrected chi connectivity index (χ3v) is 2.49. The van der Waals surface area contributed by atoms with E-state index in [0.717, 1.165) is 5.82 Å². The summed E-state index contributed by atoms with van der Waals surface area (Å²) in [4.78, 5) is 4.59. The third kappa shape index (κ3) is 1.77. The van der Waals surface area contributed by atoms with Gasteiger partial charge in [0.05, 0.1) is 5.69 Å². The van der Waals surface area contributed by atoms with Gasteiger partial charge < -0.3 is 4.57 Å². The van der Waals surface area contributed by atoms with Gasteiger partial charge in [-0.25, -0.2) is 4.98 Å². The number of imidazole rings is 1. The topological polar surface area (TPSA) is 17.8 Å². The first-order valence-electron chi connectivity index (χ1n) is 4.98. The number of hydrogen-bond donors (Lipinski definition) is 0. The average molecular weight is 180 g/mol. The van der Waals surface area contributed by atoms with Crippen LogP contribution in [0.15, 0.2) is 0 Å². The van der Waals surface area contributed by atoms with E-state index in [9.17, 15) is 0 Å². The van der Waals surface area contributed by atoms with Gasteiger partial charge in [0.25, 0.3) is 0 Å². The molecule has 0 saturated heterocycles. The lowest BCUT2D eigenvalue weighted by Gasteiger charge is -2.11. The summed E-state index contributed by atoms with van der Waals surface area (Å²) in [5.74, 6) is 2.20. The summed E-state index contributed by atoms with van der Waals surface area (Å²) in [7, 11) is 2.10. The lowest BCUT2D eigenvalue weighted by atomic mass is 10.0. The van der Waals surface area contributed by atoms with Crippen LogP contribution < -0.4 is 0 Å². The van der Waals surface area contributed by atoms with Crippen molar-refractivity contribution in [3.05, 3.63) is 17.2 Å². The van der Waals surface area contributed by atoms with E-state index in [4.69, 9.17) is 0 Å². The second-order valence-electron chi connectivity index (χ2n) is 4.30. The molecule has 0 aliphatic carbocycles. The fourth-order valence-corrected chi connectivity index (χ4v) is 1.76. The highest BCUT2D eigenvalue weighted by atomic mass is 15.1. The molecule has 13 heavy (non-hydrogen) atoms. The maximum Gasteiger partial charge on any atom is 0.105 e. The van der Waals surface area contributed by atoms with Crippen LogP contribution >= 0.6 is 0 Å². The van der Waals surface area contributed by atoms with Gasteiger partial charge in [-0.05, 0) is 18.8 Å². The predicted molar refractivity (Wildman–Crippen MR) is 56.1 cm³/mol. The number of nitrogens with zero attached hydrogens (tertiary/aromatic N) is 2. The molecule has 0 aliphatic rings. The second kappa shape index (κ2) is 3.52. The minimum Gasteiger partial charge on any atom is -0.335 e. The summed E-state index contributed by atoms with van der Waals surface area (Å²) in [5.41, 5.74) is 2.64. The molecule has 2 nitrogen and oxygen atoms in total. The molecule has 0 radical (unpaired) electrons. The lowest BCUT2D eigenvalue weighted by Crippen LogP contribution is -2.03. The minimum atomic E-state index is 0.525. The van der Waals surface area contributed by atoms with Gasteiger partial charge in [-0.15, -0.1) is 0 Å². The van der Waals surface area contributed by atoms with E-state index < -0.39 is 0 Å². The van der Waals surface area contributed by atoms with E-state index in [1.807, 2.05) is 0 Å². The van der Waals surface area contributed by atoms with Crippen LogP contribution in [0.2, 0.25) is 0 Å². The molecule has 0 amide bonds.